The van der Waals surface area contributed by atoms with Gasteiger partial charge in [0.05, 0.1) is 32.1 Å². The Morgan fingerprint density at radius 2 is 1.70 bits per heavy atom. The van der Waals surface area contributed by atoms with Crippen molar-refractivity contribution in [3.63, 3.8) is 0 Å². The number of hydrogen-bond donors (Lipinski definition) is 1. The number of carboxylic acid groups (broad SMARTS) is 1. The van der Waals surface area contributed by atoms with Gasteiger partial charge in [-0.05, 0) is 54.9 Å². The molecule has 1 amide bonds. The summed E-state index contributed by atoms with van der Waals surface area (Å²) in [6.07, 6.45) is 5.50. The smallest absolute Gasteiger partial charge is 0.307 e. The normalized spacial score (nSPS) is 30.9. The molecule has 1 saturated carbocycles. The summed E-state index contributed by atoms with van der Waals surface area (Å²) in [4.78, 5) is 27.0. The van der Waals surface area contributed by atoms with Gasteiger partial charge < -0.3 is 19.5 Å². The largest absolute Gasteiger partial charge is 0.493 e. The van der Waals surface area contributed by atoms with Crippen LogP contribution in [-0.4, -0.2) is 42.6 Å². The predicted octanol–water partition coefficient (Wildman–Crippen LogP) is 2.67. The molecule has 5 atom stereocenters. The summed E-state index contributed by atoms with van der Waals surface area (Å²) in [7, 11) is 3.21. The van der Waals surface area contributed by atoms with Crippen molar-refractivity contribution in [3.8, 4) is 11.5 Å². The molecule has 2 aliphatic carbocycles. The molecular weight excluding hydrogens is 346 g/mol. The van der Waals surface area contributed by atoms with Crippen LogP contribution in [-0.2, 0) is 16.0 Å². The Labute approximate surface area is 158 Å². The van der Waals surface area contributed by atoms with E-state index in [4.69, 9.17) is 9.47 Å². The van der Waals surface area contributed by atoms with E-state index in [2.05, 4.69) is 0 Å². The van der Waals surface area contributed by atoms with Crippen LogP contribution in [0.15, 0.2) is 24.3 Å². The minimum absolute atomic E-state index is 0.0156. The molecule has 4 rings (SSSR count). The van der Waals surface area contributed by atoms with Crippen molar-refractivity contribution in [2.45, 2.75) is 25.8 Å². The van der Waals surface area contributed by atoms with E-state index in [1.807, 2.05) is 36.1 Å². The van der Waals surface area contributed by atoms with Gasteiger partial charge in [-0.15, -0.1) is 0 Å². The quantitative estimate of drug-likeness (QED) is 0.824. The molecule has 1 N–H and O–H groups in total. The van der Waals surface area contributed by atoms with Gasteiger partial charge in [-0.1, -0.05) is 12.2 Å². The highest BCUT2D eigenvalue weighted by molar-refractivity contribution is 5.87. The second-order valence-electron chi connectivity index (χ2n) is 7.70. The number of hydrogen-bond acceptors (Lipinski definition) is 4. The van der Waals surface area contributed by atoms with Crippen LogP contribution in [0.2, 0.25) is 0 Å². The van der Waals surface area contributed by atoms with Crippen LogP contribution in [0.5, 0.6) is 11.5 Å². The fourth-order valence-electron chi connectivity index (χ4n) is 5.13. The molecule has 0 unspecified atom stereocenters. The number of fused-ring (bicyclic) bond motifs is 3. The van der Waals surface area contributed by atoms with Crippen LogP contribution < -0.4 is 9.47 Å². The molecule has 1 heterocycles. The maximum atomic E-state index is 13.4. The molecule has 0 spiro atoms. The lowest BCUT2D eigenvalue weighted by molar-refractivity contribution is -0.152. The highest BCUT2D eigenvalue weighted by atomic mass is 16.5. The molecule has 1 fully saturated rings. The number of ether oxygens (including phenoxy) is 2. The molecule has 0 aromatic heterocycles. The lowest BCUT2D eigenvalue weighted by atomic mass is 9.81. The third kappa shape index (κ3) is 2.69. The lowest BCUT2D eigenvalue weighted by Gasteiger charge is -2.39. The molecule has 0 radical (unpaired) electrons. The molecule has 2 bridgehead atoms. The van der Waals surface area contributed by atoms with Crippen molar-refractivity contribution in [3.05, 3.63) is 35.4 Å². The number of nitrogens with zero attached hydrogens (tertiary/aromatic N) is 1. The van der Waals surface area contributed by atoms with Crippen LogP contribution >= 0.6 is 0 Å². The number of methoxy groups -OCH3 is 2. The van der Waals surface area contributed by atoms with E-state index in [1.54, 1.807) is 14.2 Å². The zero-order chi connectivity index (χ0) is 19.3. The van der Waals surface area contributed by atoms with Crippen LogP contribution in [0.4, 0.5) is 0 Å². The standard InChI is InChI=1S/C21H25NO5/c1-11-15-10-17(27-3)16(26-2)9-12(15)6-7-22(11)20(23)18-13-4-5-14(8-13)19(18)21(24)25/h4-5,9-11,13-14,18-19H,6-8H2,1-3H3,(H,24,25)/t11-,13-,14-,18+,19-/m1/s1. The first-order chi connectivity index (χ1) is 13.0. The molecular formula is C21H25NO5. The van der Waals surface area contributed by atoms with E-state index in [0.29, 0.717) is 18.0 Å². The number of allylic oxidation sites excluding steroid dienone is 2. The first-order valence-corrected chi connectivity index (χ1v) is 9.42. The number of rotatable bonds is 4. The molecule has 6 heteroatoms. The number of carbonyl (C=O) groups excluding carboxylic acids is 1. The van der Waals surface area contributed by atoms with Gasteiger partial charge in [0.2, 0.25) is 5.91 Å². The van der Waals surface area contributed by atoms with Crippen molar-refractivity contribution in [2.24, 2.45) is 23.7 Å². The Balaban J connectivity index is 1.64. The lowest BCUT2D eigenvalue weighted by Crippen LogP contribution is -2.46. The summed E-state index contributed by atoms with van der Waals surface area (Å²) < 4.78 is 10.8. The summed E-state index contributed by atoms with van der Waals surface area (Å²) in [6.45, 7) is 2.59. The Morgan fingerprint density at radius 1 is 1.07 bits per heavy atom. The van der Waals surface area contributed by atoms with Crippen molar-refractivity contribution in [1.29, 1.82) is 0 Å². The Kier molecular flexibility index (Phi) is 4.36. The summed E-state index contributed by atoms with van der Waals surface area (Å²) >= 11 is 0. The molecule has 0 saturated heterocycles. The average Bonchev–Trinajstić information content (AvgIpc) is 3.28. The summed E-state index contributed by atoms with van der Waals surface area (Å²) in [5.74, 6) is -0.598. The second kappa shape index (κ2) is 6.59. The fourth-order valence-corrected chi connectivity index (χ4v) is 5.13. The molecule has 144 valence electrons. The van der Waals surface area contributed by atoms with Crippen molar-refractivity contribution < 1.29 is 24.2 Å². The van der Waals surface area contributed by atoms with E-state index in [9.17, 15) is 14.7 Å². The van der Waals surface area contributed by atoms with Crippen LogP contribution in [0.25, 0.3) is 0 Å². The number of benzene rings is 1. The minimum atomic E-state index is -0.860. The predicted molar refractivity (Wildman–Crippen MR) is 98.7 cm³/mol. The summed E-state index contributed by atoms with van der Waals surface area (Å²) in [5, 5.41) is 9.67. The number of amides is 1. The zero-order valence-electron chi connectivity index (χ0n) is 15.8. The van der Waals surface area contributed by atoms with E-state index < -0.39 is 17.8 Å². The van der Waals surface area contributed by atoms with Crippen LogP contribution in [0.3, 0.4) is 0 Å². The number of carboxylic acids is 1. The SMILES string of the molecule is COc1cc2c(cc1OC)[C@@H](C)N(C(=O)[C@@H]1[C@H](C(=O)O)[C@@H]3C=C[C@@H]1C3)CC2. The summed E-state index contributed by atoms with van der Waals surface area (Å²) in [5.41, 5.74) is 2.18. The maximum absolute atomic E-state index is 13.4. The van der Waals surface area contributed by atoms with Crippen molar-refractivity contribution in [2.75, 3.05) is 20.8 Å². The van der Waals surface area contributed by atoms with E-state index in [-0.39, 0.29) is 23.8 Å². The van der Waals surface area contributed by atoms with Gasteiger partial charge >= 0.3 is 5.97 Å². The first kappa shape index (κ1) is 17.9. The van der Waals surface area contributed by atoms with Crippen molar-refractivity contribution >= 4 is 11.9 Å². The molecule has 3 aliphatic rings. The molecule has 1 aromatic carbocycles. The Hall–Kier alpha value is -2.50. The van der Waals surface area contributed by atoms with Gasteiger partial charge in [0, 0.05) is 6.54 Å². The molecule has 27 heavy (non-hydrogen) atoms. The topological polar surface area (TPSA) is 76.1 Å². The second-order valence-corrected chi connectivity index (χ2v) is 7.70. The van der Waals surface area contributed by atoms with E-state index in [0.717, 1.165) is 24.0 Å². The van der Waals surface area contributed by atoms with E-state index >= 15 is 0 Å². The fraction of sp³-hybridized carbons (Fsp3) is 0.524. The molecule has 1 aromatic rings. The number of aliphatic carboxylic acids is 1. The average molecular weight is 371 g/mol. The first-order valence-electron chi connectivity index (χ1n) is 9.42. The van der Waals surface area contributed by atoms with Crippen LogP contribution in [0, 0.1) is 23.7 Å². The highest BCUT2D eigenvalue weighted by Gasteiger charge is 2.53. The monoisotopic (exact) mass is 371 g/mol. The Morgan fingerprint density at radius 3 is 2.33 bits per heavy atom. The van der Waals surface area contributed by atoms with E-state index in [1.165, 1.54) is 0 Å². The van der Waals surface area contributed by atoms with Gasteiger partial charge in [0.1, 0.15) is 0 Å². The van der Waals surface area contributed by atoms with Gasteiger partial charge in [-0.3, -0.25) is 9.59 Å². The number of carbonyl (C=O) groups is 2. The Bertz CT molecular complexity index is 817. The zero-order valence-corrected chi connectivity index (χ0v) is 15.8. The third-order valence-electron chi connectivity index (χ3n) is 6.50. The molecule has 6 nitrogen and oxygen atoms in total. The van der Waals surface area contributed by atoms with Gasteiger partial charge in [-0.25, -0.2) is 0 Å². The van der Waals surface area contributed by atoms with Crippen LogP contribution in [0.1, 0.15) is 30.5 Å². The van der Waals surface area contributed by atoms with Gasteiger partial charge in [0.25, 0.3) is 0 Å². The van der Waals surface area contributed by atoms with Gasteiger partial charge in [0.15, 0.2) is 11.5 Å². The van der Waals surface area contributed by atoms with Crippen molar-refractivity contribution in [1.82, 2.24) is 4.90 Å². The summed E-state index contributed by atoms with van der Waals surface area (Å²) in [6, 6.07) is 3.79. The highest BCUT2D eigenvalue weighted by Crippen LogP contribution is 2.50. The molecule has 1 aliphatic heterocycles. The van der Waals surface area contributed by atoms with Gasteiger partial charge in [-0.2, -0.15) is 0 Å². The minimum Gasteiger partial charge on any atom is -0.493 e. The maximum Gasteiger partial charge on any atom is 0.307 e. The third-order valence-corrected chi connectivity index (χ3v) is 6.50.